The lowest BCUT2D eigenvalue weighted by Crippen LogP contribution is -2.35. The third kappa shape index (κ3) is 4.58. The molecule has 0 atom stereocenters. The maximum absolute atomic E-state index is 13.1. The number of nitro groups is 1. The number of nitro benzene ring substituents is 1. The number of carboxylic acid groups (broad SMARTS) is 1. The summed E-state index contributed by atoms with van der Waals surface area (Å²) in [4.78, 5) is 44.8. The van der Waals surface area contributed by atoms with Crippen LogP contribution in [0.25, 0.3) is 10.6 Å². The van der Waals surface area contributed by atoms with E-state index in [1.807, 2.05) is 0 Å². The largest absolute Gasteiger partial charge is 0.480 e. The van der Waals surface area contributed by atoms with Crippen molar-refractivity contribution in [3.63, 3.8) is 0 Å². The van der Waals surface area contributed by atoms with Gasteiger partial charge in [0.25, 0.3) is 11.6 Å². The average molecular weight is 427 g/mol. The molecule has 10 nitrogen and oxygen atoms in total. The zero-order valence-corrected chi connectivity index (χ0v) is 16.6. The molecule has 0 radical (unpaired) electrons. The highest BCUT2D eigenvalue weighted by Gasteiger charge is 2.25. The summed E-state index contributed by atoms with van der Waals surface area (Å²) in [6.07, 6.45) is 1.56. The summed E-state index contributed by atoms with van der Waals surface area (Å²) in [5.74, 6) is -1.66. The Kier molecular flexibility index (Phi) is 6.02. The van der Waals surface area contributed by atoms with Crippen LogP contribution in [-0.4, -0.2) is 43.3 Å². The number of anilines is 1. The van der Waals surface area contributed by atoms with Gasteiger partial charge in [-0.2, -0.15) is 0 Å². The number of amides is 1. The average Bonchev–Trinajstić information content (AvgIpc) is 3.09. The van der Waals surface area contributed by atoms with Crippen LogP contribution in [0, 0.1) is 17.0 Å². The van der Waals surface area contributed by atoms with Gasteiger partial charge in [0.2, 0.25) is 0 Å². The van der Waals surface area contributed by atoms with Gasteiger partial charge in [0, 0.05) is 17.8 Å². The van der Waals surface area contributed by atoms with Gasteiger partial charge in [-0.05, 0) is 31.2 Å². The molecular weight excluding hydrogens is 410 g/mol. The maximum atomic E-state index is 13.1. The van der Waals surface area contributed by atoms with Gasteiger partial charge < -0.3 is 15.7 Å². The third-order valence-corrected chi connectivity index (χ3v) is 5.35. The quantitative estimate of drug-likeness (QED) is 0.331. The lowest BCUT2D eigenvalue weighted by atomic mass is 10.2. The minimum atomic E-state index is -1.16. The summed E-state index contributed by atoms with van der Waals surface area (Å²) in [7, 11) is 0. The lowest BCUT2D eigenvalue weighted by molar-refractivity contribution is -0.383. The molecule has 0 aliphatic rings. The number of aliphatic carboxylic acids is 1. The first-order valence-electron chi connectivity index (χ1n) is 8.69. The molecule has 2 heterocycles. The predicted octanol–water partition coefficient (Wildman–Crippen LogP) is 2.73. The highest BCUT2D eigenvalue weighted by atomic mass is 32.1. The van der Waals surface area contributed by atoms with Crippen molar-refractivity contribution in [1.29, 1.82) is 0 Å². The molecule has 0 spiro atoms. The van der Waals surface area contributed by atoms with Crippen LogP contribution < -0.4 is 5.73 Å². The van der Waals surface area contributed by atoms with Crippen molar-refractivity contribution in [2.24, 2.45) is 0 Å². The Hall–Kier alpha value is -3.86. The van der Waals surface area contributed by atoms with E-state index in [1.165, 1.54) is 17.0 Å². The number of nitrogens with zero attached hydrogens (tertiary/aromatic N) is 4. The minimum Gasteiger partial charge on any atom is -0.480 e. The molecule has 2 aromatic heterocycles. The van der Waals surface area contributed by atoms with Gasteiger partial charge in [-0.15, -0.1) is 11.3 Å². The molecule has 3 aromatic rings. The molecule has 0 aliphatic heterocycles. The molecule has 3 N–H and O–H groups in total. The fourth-order valence-electron chi connectivity index (χ4n) is 2.75. The molecule has 0 saturated heterocycles. The number of carbonyl (C=O) groups excluding carboxylic acids is 1. The highest BCUT2D eigenvalue weighted by molar-refractivity contribution is 7.17. The maximum Gasteiger partial charge on any atom is 0.323 e. The molecule has 1 aromatic carbocycles. The van der Waals surface area contributed by atoms with Crippen molar-refractivity contribution in [3.05, 3.63) is 69.0 Å². The molecule has 3 rings (SSSR count). The summed E-state index contributed by atoms with van der Waals surface area (Å²) in [6, 6.07) is 9.45. The lowest BCUT2D eigenvalue weighted by Gasteiger charge is -2.19. The zero-order valence-electron chi connectivity index (χ0n) is 15.8. The fourth-order valence-corrected chi connectivity index (χ4v) is 3.78. The number of carboxylic acids is 1. The van der Waals surface area contributed by atoms with Crippen LogP contribution in [0.2, 0.25) is 0 Å². The molecule has 11 heteroatoms. The van der Waals surface area contributed by atoms with Crippen LogP contribution in [0.5, 0.6) is 0 Å². The molecule has 30 heavy (non-hydrogen) atoms. The van der Waals surface area contributed by atoms with E-state index in [0.717, 1.165) is 11.3 Å². The number of nitrogens with two attached hydrogens (primary N) is 1. The minimum absolute atomic E-state index is 0.0198. The van der Waals surface area contributed by atoms with E-state index in [-0.39, 0.29) is 22.8 Å². The molecule has 0 aliphatic carbocycles. The Balaban J connectivity index is 1.94. The standard InChI is InChI=1S/C19H17N5O5S/c1-11-17(19(27)23(10-16(25)26)9-13-4-2-3-7-21-13)30-18(22-11)12-5-6-14(20)15(8-12)24(28)29/h2-8H,9-10,20H2,1H3,(H,25,26). The number of pyridine rings is 1. The van der Waals surface area contributed by atoms with Crippen molar-refractivity contribution < 1.29 is 19.6 Å². The van der Waals surface area contributed by atoms with Crippen molar-refractivity contribution in [2.75, 3.05) is 12.3 Å². The second kappa shape index (κ2) is 8.66. The first-order chi connectivity index (χ1) is 14.3. The zero-order chi connectivity index (χ0) is 21.8. The smallest absolute Gasteiger partial charge is 0.323 e. The number of aromatic nitrogens is 2. The van der Waals surface area contributed by atoms with E-state index in [1.54, 1.807) is 37.4 Å². The SMILES string of the molecule is Cc1nc(-c2ccc(N)c([N+](=O)[O-])c2)sc1C(=O)N(CC(=O)O)Cc1ccccn1. The van der Waals surface area contributed by atoms with Crippen LogP contribution in [-0.2, 0) is 11.3 Å². The number of thiazole rings is 1. The van der Waals surface area contributed by atoms with Crippen molar-refractivity contribution in [2.45, 2.75) is 13.5 Å². The van der Waals surface area contributed by atoms with Gasteiger partial charge in [-0.3, -0.25) is 24.7 Å². The predicted molar refractivity (Wildman–Crippen MR) is 110 cm³/mol. The number of rotatable bonds is 7. The number of carbonyl (C=O) groups is 2. The van der Waals surface area contributed by atoms with Gasteiger partial charge in [0.1, 0.15) is 22.1 Å². The Bertz CT molecular complexity index is 1120. The van der Waals surface area contributed by atoms with Gasteiger partial charge in [0.05, 0.1) is 22.9 Å². The Labute approximate surface area is 174 Å². The van der Waals surface area contributed by atoms with Crippen LogP contribution in [0.3, 0.4) is 0 Å². The van der Waals surface area contributed by atoms with Crippen LogP contribution >= 0.6 is 11.3 Å². The van der Waals surface area contributed by atoms with Gasteiger partial charge in [-0.25, -0.2) is 4.98 Å². The molecule has 0 unspecified atom stereocenters. The topological polar surface area (TPSA) is 153 Å². The second-order valence-corrected chi connectivity index (χ2v) is 7.34. The summed E-state index contributed by atoms with van der Waals surface area (Å²) in [5, 5.41) is 20.7. The van der Waals surface area contributed by atoms with Crippen LogP contribution in [0.1, 0.15) is 21.1 Å². The number of hydrogen-bond donors (Lipinski definition) is 2. The number of nitrogen functional groups attached to an aromatic ring is 1. The molecule has 0 saturated carbocycles. The van der Waals surface area contributed by atoms with Crippen LogP contribution in [0.4, 0.5) is 11.4 Å². The molecule has 154 valence electrons. The summed E-state index contributed by atoms with van der Waals surface area (Å²) >= 11 is 1.03. The third-order valence-electron chi connectivity index (χ3n) is 4.16. The number of benzene rings is 1. The monoisotopic (exact) mass is 427 g/mol. The molecule has 0 bridgehead atoms. The van der Waals surface area contributed by atoms with Crippen molar-refractivity contribution >= 4 is 34.6 Å². The van der Waals surface area contributed by atoms with Crippen LogP contribution in [0.15, 0.2) is 42.6 Å². The Morgan fingerprint density at radius 1 is 1.30 bits per heavy atom. The number of aryl methyl sites for hydroxylation is 1. The first-order valence-corrected chi connectivity index (χ1v) is 9.50. The van der Waals surface area contributed by atoms with E-state index in [9.17, 15) is 24.8 Å². The van der Waals surface area contributed by atoms with E-state index >= 15 is 0 Å². The van der Waals surface area contributed by atoms with Crippen molar-refractivity contribution in [3.8, 4) is 10.6 Å². The van der Waals surface area contributed by atoms with Gasteiger partial charge in [-0.1, -0.05) is 6.07 Å². The second-order valence-electron chi connectivity index (χ2n) is 6.34. The normalized spacial score (nSPS) is 10.6. The molecular formula is C19H17N5O5S. The fraction of sp³-hybridized carbons (Fsp3) is 0.158. The first kappa shape index (κ1) is 20.9. The van der Waals surface area contributed by atoms with E-state index in [2.05, 4.69) is 9.97 Å². The highest BCUT2D eigenvalue weighted by Crippen LogP contribution is 2.33. The summed E-state index contributed by atoms with van der Waals surface area (Å²) in [6.45, 7) is 1.14. The summed E-state index contributed by atoms with van der Waals surface area (Å²) < 4.78 is 0. The summed E-state index contributed by atoms with van der Waals surface area (Å²) in [5.41, 5.74) is 6.79. The van der Waals surface area contributed by atoms with E-state index < -0.39 is 23.3 Å². The van der Waals surface area contributed by atoms with E-state index in [0.29, 0.717) is 22.0 Å². The van der Waals surface area contributed by atoms with Crippen molar-refractivity contribution in [1.82, 2.24) is 14.9 Å². The van der Waals surface area contributed by atoms with Gasteiger partial charge >= 0.3 is 5.97 Å². The van der Waals surface area contributed by atoms with E-state index in [4.69, 9.17) is 5.73 Å². The molecule has 1 amide bonds. The van der Waals surface area contributed by atoms with Gasteiger partial charge in [0.15, 0.2) is 0 Å². The molecule has 0 fully saturated rings. The number of hydrogen-bond acceptors (Lipinski definition) is 8. The Morgan fingerprint density at radius 2 is 2.07 bits per heavy atom. The Morgan fingerprint density at radius 3 is 2.70 bits per heavy atom.